The van der Waals surface area contributed by atoms with Gasteiger partial charge in [-0.3, -0.25) is 0 Å². The highest BCUT2D eigenvalue weighted by Crippen LogP contribution is 2.20. The standard InChI is InChI=1S/C8H7NOS/c1-6-5-7-8(11-6)3-2-4-9(7)10/h2-5H,1H3. The van der Waals surface area contributed by atoms with Crippen molar-refractivity contribution in [1.29, 1.82) is 0 Å². The van der Waals surface area contributed by atoms with Gasteiger partial charge >= 0.3 is 0 Å². The Morgan fingerprint density at radius 1 is 1.55 bits per heavy atom. The molecule has 2 aromatic heterocycles. The summed E-state index contributed by atoms with van der Waals surface area (Å²) in [6, 6.07) is 5.64. The molecule has 0 unspecified atom stereocenters. The molecule has 0 aromatic carbocycles. The molecule has 2 nitrogen and oxygen atoms in total. The van der Waals surface area contributed by atoms with E-state index in [2.05, 4.69) is 0 Å². The lowest BCUT2D eigenvalue weighted by atomic mass is 10.4. The molecule has 0 fully saturated rings. The number of thiophene rings is 1. The minimum atomic E-state index is 0.773. The minimum Gasteiger partial charge on any atom is -0.618 e. The molecule has 2 heterocycles. The van der Waals surface area contributed by atoms with Crippen LogP contribution in [0.15, 0.2) is 24.4 Å². The fourth-order valence-corrected chi connectivity index (χ4v) is 2.02. The van der Waals surface area contributed by atoms with E-state index in [4.69, 9.17) is 0 Å². The molecule has 0 saturated heterocycles. The maximum atomic E-state index is 11.1. The molecule has 2 rings (SSSR count). The third kappa shape index (κ3) is 0.973. The van der Waals surface area contributed by atoms with E-state index >= 15 is 0 Å². The molecular formula is C8H7NOS. The third-order valence-electron chi connectivity index (χ3n) is 1.57. The zero-order chi connectivity index (χ0) is 7.84. The summed E-state index contributed by atoms with van der Waals surface area (Å²) >= 11 is 1.65. The molecule has 0 atom stereocenters. The Balaban J connectivity index is 2.90. The fourth-order valence-electron chi connectivity index (χ4n) is 1.10. The van der Waals surface area contributed by atoms with E-state index in [1.54, 1.807) is 17.4 Å². The molecule has 3 heteroatoms. The van der Waals surface area contributed by atoms with E-state index in [1.807, 2.05) is 19.1 Å². The van der Waals surface area contributed by atoms with Crippen LogP contribution in [-0.4, -0.2) is 0 Å². The van der Waals surface area contributed by atoms with Crippen LogP contribution in [0.1, 0.15) is 4.88 Å². The van der Waals surface area contributed by atoms with Gasteiger partial charge in [-0.15, -0.1) is 11.3 Å². The van der Waals surface area contributed by atoms with Gasteiger partial charge in [-0.1, -0.05) is 0 Å². The number of aromatic nitrogens is 1. The summed E-state index contributed by atoms with van der Waals surface area (Å²) in [6.07, 6.45) is 1.52. The summed E-state index contributed by atoms with van der Waals surface area (Å²) in [5.41, 5.74) is 0.773. The summed E-state index contributed by atoms with van der Waals surface area (Å²) in [4.78, 5) is 1.18. The van der Waals surface area contributed by atoms with Crippen LogP contribution in [-0.2, 0) is 0 Å². The number of pyridine rings is 1. The van der Waals surface area contributed by atoms with Gasteiger partial charge in [-0.25, -0.2) is 0 Å². The van der Waals surface area contributed by atoms with Gasteiger partial charge in [-0.2, -0.15) is 4.73 Å². The summed E-state index contributed by atoms with van der Waals surface area (Å²) in [5.74, 6) is 0. The second kappa shape index (κ2) is 2.20. The number of hydrogen-bond donors (Lipinski definition) is 0. The number of fused-ring (bicyclic) bond motifs is 1. The Hall–Kier alpha value is -1.09. The highest BCUT2D eigenvalue weighted by Gasteiger charge is 2.04. The molecule has 56 valence electrons. The lowest BCUT2D eigenvalue weighted by Gasteiger charge is -1.93. The minimum absolute atomic E-state index is 0.773. The Kier molecular flexibility index (Phi) is 1.32. The monoisotopic (exact) mass is 165 g/mol. The molecule has 0 saturated carbocycles. The number of rotatable bonds is 0. The highest BCUT2D eigenvalue weighted by molar-refractivity contribution is 7.18. The van der Waals surface area contributed by atoms with Gasteiger partial charge < -0.3 is 5.21 Å². The molecule has 0 N–H and O–H groups in total. The summed E-state index contributed by atoms with van der Waals surface area (Å²) in [5, 5.41) is 11.1. The Morgan fingerprint density at radius 3 is 3.09 bits per heavy atom. The van der Waals surface area contributed by atoms with Crippen LogP contribution in [0.5, 0.6) is 0 Å². The van der Waals surface area contributed by atoms with Gasteiger partial charge in [0.05, 0.1) is 0 Å². The maximum absolute atomic E-state index is 11.1. The summed E-state index contributed by atoms with van der Waals surface area (Å²) in [6.45, 7) is 2.00. The average molecular weight is 165 g/mol. The van der Waals surface area contributed by atoms with Crippen LogP contribution in [0.4, 0.5) is 0 Å². The fraction of sp³-hybridized carbons (Fsp3) is 0.125. The molecular weight excluding hydrogens is 158 g/mol. The topological polar surface area (TPSA) is 26.9 Å². The molecule has 0 bridgehead atoms. The molecule has 0 aliphatic heterocycles. The van der Waals surface area contributed by atoms with Crippen molar-refractivity contribution in [3.8, 4) is 0 Å². The van der Waals surface area contributed by atoms with Gasteiger partial charge in [0, 0.05) is 17.0 Å². The van der Waals surface area contributed by atoms with Crippen LogP contribution >= 0.6 is 11.3 Å². The molecule has 0 spiro atoms. The van der Waals surface area contributed by atoms with E-state index in [1.165, 1.54) is 11.1 Å². The van der Waals surface area contributed by atoms with Gasteiger partial charge in [0.1, 0.15) is 4.70 Å². The quantitative estimate of drug-likeness (QED) is 0.432. The van der Waals surface area contributed by atoms with E-state index in [0.29, 0.717) is 0 Å². The summed E-state index contributed by atoms with van der Waals surface area (Å²) < 4.78 is 1.96. The van der Waals surface area contributed by atoms with Crippen LogP contribution < -0.4 is 4.73 Å². The molecule has 0 aliphatic rings. The van der Waals surface area contributed by atoms with Crippen molar-refractivity contribution in [1.82, 2.24) is 0 Å². The van der Waals surface area contributed by atoms with Crippen LogP contribution in [0.3, 0.4) is 0 Å². The first-order valence-corrected chi connectivity index (χ1v) is 4.17. The second-order valence-electron chi connectivity index (χ2n) is 2.44. The predicted molar refractivity (Wildman–Crippen MR) is 45.5 cm³/mol. The van der Waals surface area contributed by atoms with Gasteiger partial charge in [0.2, 0.25) is 5.52 Å². The van der Waals surface area contributed by atoms with E-state index in [0.717, 1.165) is 14.9 Å². The first kappa shape index (κ1) is 6.61. The van der Waals surface area contributed by atoms with Crippen molar-refractivity contribution in [2.45, 2.75) is 6.92 Å². The van der Waals surface area contributed by atoms with Crippen molar-refractivity contribution < 1.29 is 4.73 Å². The Labute approximate surface area is 68.3 Å². The van der Waals surface area contributed by atoms with E-state index in [9.17, 15) is 5.21 Å². The molecule has 0 radical (unpaired) electrons. The molecule has 11 heavy (non-hydrogen) atoms. The zero-order valence-corrected chi connectivity index (χ0v) is 6.89. The lowest BCUT2D eigenvalue weighted by Crippen LogP contribution is -2.24. The number of hydrogen-bond acceptors (Lipinski definition) is 2. The van der Waals surface area contributed by atoms with Crippen LogP contribution in [0.25, 0.3) is 10.2 Å². The highest BCUT2D eigenvalue weighted by atomic mass is 32.1. The SMILES string of the molecule is Cc1cc2c(ccc[n+]2[O-])s1. The van der Waals surface area contributed by atoms with Gasteiger partial charge in [0.15, 0.2) is 6.20 Å². The van der Waals surface area contributed by atoms with E-state index < -0.39 is 0 Å². The van der Waals surface area contributed by atoms with Crippen molar-refractivity contribution in [3.05, 3.63) is 34.5 Å². The lowest BCUT2D eigenvalue weighted by molar-refractivity contribution is -0.576. The van der Waals surface area contributed by atoms with Gasteiger partial charge in [0.25, 0.3) is 0 Å². The average Bonchev–Trinajstić information content (AvgIpc) is 2.31. The predicted octanol–water partition coefficient (Wildman–Crippen LogP) is 1.84. The van der Waals surface area contributed by atoms with Crippen LogP contribution in [0, 0.1) is 12.1 Å². The Morgan fingerprint density at radius 2 is 2.36 bits per heavy atom. The van der Waals surface area contributed by atoms with E-state index in [-0.39, 0.29) is 0 Å². The van der Waals surface area contributed by atoms with Crippen LogP contribution in [0.2, 0.25) is 0 Å². The second-order valence-corrected chi connectivity index (χ2v) is 3.73. The number of nitrogens with zero attached hydrogens (tertiary/aromatic N) is 1. The maximum Gasteiger partial charge on any atom is 0.234 e. The Bertz CT molecular complexity index is 394. The summed E-state index contributed by atoms with van der Waals surface area (Å²) in [7, 11) is 0. The molecule has 2 aromatic rings. The van der Waals surface area contributed by atoms with Crippen molar-refractivity contribution >= 4 is 21.6 Å². The third-order valence-corrected chi connectivity index (χ3v) is 2.57. The van der Waals surface area contributed by atoms with Crippen molar-refractivity contribution in [3.63, 3.8) is 0 Å². The first-order valence-electron chi connectivity index (χ1n) is 3.36. The molecule has 0 amide bonds. The van der Waals surface area contributed by atoms with Gasteiger partial charge in [-0.05, 0) is 13.0 Å². The molecule has 0 aliphatic carbocycles. The van der Waals surface area contributed by atoms with Crippen molar-refractivity contribution in [2.24, 2.45) is 0 Å². The van der Waals surface area contributed by atoms with Crippen molar-refractivity contribution in [2.75, 3.05) is 0 Å². The smallest absolute Gasteiger partial charge is 0.234 e. The number of aryl methyl sites for hydroxylation is 1. The largest absolute Gasteiger partial charge is 0.618 e. The first-order chi connectivity index (χ1) is 5.27. The normalized spacial score (nSPS) is 10.6. The zero-order valence-electron chi connectivity index (χ0n) is 6.07.